The summed E-state index contributed by atoms with van der Waals surface area (Å²) >= 11 is 1.24. The Hall–Kier alpha value is -4.91. The summed E-state index contributed by atoms with van der Waals surface area (Å²) in [4.78, 5) is 44.6. The van der Waals surface area contributed by atoms with Gasteiger partial charge in [0.25, 0.3) is 5.56 Å². The Bertz CT molecular complexity index is 1850. The van der Waals surface area contributed by atoms with Crippen LogP contribution in [0.1, 0.15) is 44.6 Å². The number of ether oxygens (including phenoxy) is 5. The number of hydrogen-bond acceptors (Lipinski definition) is 10. The summed E-state index contributed by atoms with van der Waals surface area (Å²) in [5.74, 6) is 2.69. The highest BCUT2D eigenvalue weighted by atomic mass is 32.2. The molecule has 0 unspecified atom stereocenters. The van der Waals surface area contributed by atoms with Gasteiger partial charge in [-0.25, -0.2) is 4.98 Å². The van der Waals surface area contributed by atoms with Crippen LogP contribution in [0.15, 0.2) is 64.5 Å². The fourth-order valence-electron chi connectivity index (χ4n) is 5.36. The van der Waals surface area contributed by atoms with Gasteiger partial charge in [-0.05, 0) is 55.2 Å². The third-order valence-corrected chi connectivity index (χ3v) is 9.26. The van der Waals surface area contributed by atoms with Gasteiger partial charge in [0, 0.05) is 25.6 Å². The van der Waals surface area contributed by atoms with Gasteiger partial charge in [-0.15, -0.1) is 0 Å². The first-order valence-corrected chi connectivity index (χ1v) is 16.4. The van der Waals surface area contributed by atoms with Crippen molar-refractivity contribution >= 4 is 40.2 Å². The quantitative estimate of drug-likeness (QED) is 0.105. The Morgan fingerprint density at radius 2 is 1.70 bits per heavy atom. The van der Waals surface area contributed by atoms with Crippen molar-refractivity contribution in [1.82, 2.24) is 14.9 Å². The minimum atomic E-state index is -0.530. The highest BCUT2D eigenvalue weighted by molar-refractivity contribution is 8.00. The van der Waals surface area contributed by atoms with Crippen molar-refractivity contribution < 1.29 is 33.3 Å². The number of fused-ring (bicyclic) bond motifs is 3. The van der Waals surface area contributed by atoms with Crippen molar-refractivity contribution in [2.45, 2.75) is 62.5 Å². The van der Waals surface area contributed by atoms with Gasteiger partial charge in [0.05, 0.1) is 29.0 Å². The molecule has 0 spiro atoms. The van der Waals surface area contributed by atoms with E-state index in [-0.39, 0.29) is 31.0 Å². The highest BCUT2D eigenvalue weighted by Gasteiger charge is 2.24. The van der Waals surface area contributed by atoms with E-state index in [9.17, 15) is 14.4 Å². The summed E-state index contributed by atoms with van der Waals surface area (Å²) in [6, 6.07) is 16.2. The lowest BCUT2D eigenvalue weighted by atomic mass is 10.1. The summed E-state index contributed by atoms with van der Waals surface area (Å²) < 4.78 is 28.8. The number of anilines is 1. The molecule has 6 rings (SSSR count). The summed E-state index contributed by atoms with van der Waals surface area (Å²) in [5.41, 5.74) is 1.74. The van der Waals surface area contributed by atoms with Crippen LogP contribution >= 0.6 is 11.8 Å². The number of rotatable bonds is 14. The van der Waals surface area contributed by atoms with E-state index in [1.54, 1.807) is 35.9 Å². The van der Waals surface area contributed by atoms with Gasteiger partial charge in [-0.2, -0.15) is 0 Å². The predicted octanol–water partition coefficient (Wildman–Crippen LogP) is 5.25. The first kappa shape index (κ1) is 32.0. The number of nitrogens with zero attached hydrogens (tertiary/aromatic N) is 2. The predicted molar refractivity (Wildman–Crippen MR) is 177 cm³/mol. The number of benzene rings is 3. The molecule has 0 bridgehead atoms. The Kier molecular flexibility index (Phi) is 10.0. The third kappa shape index (κ3) is 7.40. The van der Waals surface area contributed by atoms with Gasteiger partial charge in [-0.1, -0.05) is 43.3 Å². The number of nitrogens with one attached hydrogen (secondary N) is 2. The van der Waals surface area contributed by atoms with Crippen LogP contribution < -0.4 is 39.9 Å². The molecule has 2 aliphatic heterocycles. The molecule has 0 fully saturated rings. The number of hydrogen-bond donors (Lipinski definition) is 2. The average molecular weight is 661 g/mol. The maximum absolute atomic E-state index is 13.8. The second kappa shape index (κ2) is 14.7. The molecule has 2 amide bonds. The lowest BCUT2D eigenvalue weighted by Crippen LogP contribution is -2.28. The standard InChI is InChI=1S/C34H36N4O8S/c1-3-30(32(40)36-23-9-6-7-10-25(23)42-2)47-34-37-24-17-29-28(45-20-46-29)16-22(24)33(41)38(34)14-8-4-5-11-31(39)35-18-21-12-13-26-27(15-21)44-19-43-26/h6-7,9-10,12-13,15-17,30H,3-5,8,11,14,18-20H2,1-2H3,(H,35,39)(H,36,40)/t30-/m1/s1. The van der Waals surface area contributed by atoms with E-state index in [0.29, 0.717) is 89.3 Å². The smallest absolute Gasteiger partial charge is 0.262 e. The number of thioether (sulfide) groups is 1. The van der Waals surface area contributed by atoms with E-state index in [1.165, 1.54) is 11.8 Å². The number of para-hydroxylation sites is 2. The maximum atomic E-state index is 13.8. The number of unbranched alkanes of at least 4 members (excludes halogenated alkanes) is 2. The van der Waals surface area contributed by atoms with E-state index in [4.69, 9.17) is 28.7 Å². The van der Waals surface area contributed by atoms with Crippen LogP contribution in [0.3, 0.4) is 0 Å². The van der Waals surface area contributed by atoms with Crippen molar-refractivity contribution in [3.8, 4) is 28.7 Å². The maximum Gasteiger partial charge on any atom is 0.262 e. The molecule has 2 N–H and O–H groups in total. The normalized spacial score (nSPS) is 13.4. The number of carbonyl (C=O) groups excluding carboxylic acids is 2. The molecule has 0 saturated carbocycles. The van der Waals surface area contributed by atoms with Crippen molar-refractivity contribution in [1.29, 1.82) is 0 Å². The van der Waals surface area contributed by atoms with Crippen molar-refractivity contribution in [3.63, 3.8) is 0 Å². The zero-order chi connectivity index (χ0) is 32.8. The zero-order valence-corrected chi connectivity index (χ0v) is 27.0. The summed E-state index contributed by atoms with van der Waals surface area (Å²) in [7, 11) is 1.55. The second-order valence-electron chi connectivity index (χ2n) is 11.1. The molecule has 1 atom stereocenters. The Morgan fingerprint density at radius 1 is 0.957 bits per heavy atom. The average Bonchev–Trinajstić information content (AvgIpc) is 3.75. The van der Waals surface area contributed by atoms with Crippen LogP contribution in [0.4, 0.5) is 5.69 Å². The Morgan fingerprint density at radius 3 is 2.49 bits per heavy atom. The van der Waals surface area contributed by atoms with Crippen LogP contribution in [0.2, 0.25) is 0 Å². The SMILES string of the molecule is CC[C@@H](Sc1nc2cc3c(cc2c(=O)n1CCCCCC(=O)NCc1ccc2c(c1)OCO2)OCO3)C(=O)Nc1ccccc1OC. The van der Waals surface area contributed by atoms with E-state index in [2.05, 4.69) is 10.6 Å². The first-order chi connectivity index (χ1) is 22.9. The fourth-order valence-corrected chi connectivity index (χ4v) is 6.40. The van der Waals surface area contributed by atoms with E-state index in [1.807, 2.05) is 37.3 Å². The van der Waals surface area contributed by atoms with Crippen LogP contribution in [0.5, 0.6) is 28.7 Å². The Labute approximate surface area is 275 Å². The number of methoxy groups -OCH3 is 1. The molecule has 2 aliphatic rings. The molecule has 3 aromatic carbocycles. The van der Waals surface area contributed by atoms with E-state index < -0.39 is 5.25 Å². The molecule has 0 saturated heterocycles. The second-order valence-corrected chi connectivity index (χ2v) is 12.2. The summed E-state index contributed by atoms with van der Waals surface area (Å²) in [6.07, 6.45) is 2.88. The lowest BCUT2D eigenvalue weighted by molar-refractivity contribution is -0.121. The van der Waals surface area contributed by atoms with Gasteiger partial charge in [0.2, 0.25) is 25.4 Å². The van der Waals surface area contributed by atoms with Crippen LogP contribution in [-0.2, 0) is 22.7 Å². The van der Waals surface area contributed by atoms with E-state index in [0.717, 1.165) is 12.0 Å². The molecule has 1 aromatic heterocycles. The molecular weight excluding hydrogens is 624 g/mol. The number of amides is 2. The lowest BCUT2D eigenvalue weighted by Gasteiger charge is -2.19. The largest absolute Gasteiger partial charge is 0.495 e. The Balaban J connectivity index is 1.11. The molecule has 246 valence electrons. The minimum Gasteiger partial charge on any atom is -0.495 e. The number of carbonyl (C=O) groups is 2. The molecule has 0 radical (unpaired) electrons. The summed E-state index contributed by atoms with van der Waals surface area (Å²) in [6.45, 7) is 2.97. The molecule has 12 nitrogen and oxygen atoms in total. The number of aromatic nitrogens is 2. The monoisotopic (exact) mass is 660 g/mol. The molecule has 4 aromatic rings. The topological polar surface area (TPSA) is 139 Å². The van der Waals surface area contributed by atoms with Gasteiger partial charge >= 0.3 is 0 Å². The van der Waals surface area contributed by atoms with Gasteiger partial charge < -0.3 is 34.3 Å². The molecule has 47 heavy (non-hydrogen) atoms. The molecule has 13 heteroatoms. The zero-order valence-electron chi connectivity index (χ0n) is 26.2. The van der Waals surface area contributed by atoms with Crippen molar-refractivity contribution in [2.24, 2.45) is 0 Å². The van der Waals surface area contributed by atoms with Crippen LogP contribution in [-0.4, -0.2) is 47.3 Å². The van der Waals surface area contributed by atoms with E-state index >= 15 is 0 Å². The van der Waals surface area contributed by atoms with Crippen LogP contribution in [0, 0.1) is 0 Å². The van der Waals surface area contributed by atoms with Crippen molar-refractivity contribution in [3.05, 3.63) is 70.5 Å². The fraction of sp³-hybridized carbons (Fsp3) is 0.353. The molecule has 0 aliphatic carbocycles. The minimum absolute atomic E-state index is 0.0497. The third-order valence-electron chi connectivity index (χ3n) is 7.90. The molecule has 3 heterocycles. The first-order valence-electron chi connectivity index (χ1n) is 15.5. The molecular formula is C34H36N4O8S. The van der Waals surface area contributed by atoms with Gasteiger partial charge in [0.15, 0.2) is 28.2 Å². The summed E-state index contributed by atoms with van der Waals surface area (Å²) in [5, 5.41) is 6.22. The van der Waals surface area contributed by atoms with Gasteiger partial charge in [0.1, 0.15) is 5.75 Å². The van der Waals surface area contributed by atoms with Crippen LogP contribution in [0.25, 0.3) is 10.9 Å². The van der Waals surface area contributed by atoms with Crippen molar-refractivity contribution in [2.75, 3.05) is 26.0 Å². The highest BCUT2D eigenvalue weighted by Crippen LogP contribution is 2.36. The van der Waals surface area contributed by atoms with Gasteiger partial charge in [-0.3, -0.25) is 19.0 Å².